The van der Waals surface area contributed by atoms with Gasteiger partial charge in [0.1, 0.15) is 0 Å². The predicted molar refractivity (Wildman–Crippen MR) is 96.4 cm³/mol. The van der Waals surface area contributed by atoms with E-state index in [-0.39, 0.29) is 24.4 Å². The fourth-order valence-electron chi connectivity index (χ4n) is 3.70. The topological polar surface area (TPSA) is 77.8 Å². The molecule has 1 aromatic rings. The third-order valence-electron chi connectivity index (χ3n) is 4.88. The van der Waals surface area contributed by atoms with Crippen LogP contribution >= 0.6 is 11.6 Å². The summed E-state index contributed by atoms with van der Waals surface area (Å²) in [5.74, 6) is -1.57. The molecule has 1 aromatic carbocycles. The number of nitrogens with zero attached hydrogens (tertiary/aromatic N) is 1. The van der Waals surface area contributed by atoms with Gasteiger partial charge in [-0.3, -0.25) is 9.59 Å². The number of aliphatic carboxylic acids is 1. The number of halogens is 1. The first kappa shape index (κ1) is 19.7. The fraction of sp³-hybridized carbons (Fsp3) is 0.579. The minimum Gasteiger partial charge on any atom is -0.481 e. The van der Waals surface area contributed by atoms with Crippen LogP contribution in [0, 0.1) is 5.92 Å². The van der Waals surface area contributed by atoms with Gasteiger partial charge >= 0.3 is 5.97 Å². The molecule has 1 aliphatic rings. The molecule has 1 saturated heterocycles. The van der Waals surface area contributed by atoms with Gasteiger partial charge in [-0.2, -0.15) is 0 Å². The fourth-order valence-corrected chi connectivity index (χ4v) is 3.83. The van der Waals surface area contributed by atoms with Crippen molar-refractivity contribution in [3.05, 3.63) is 34.9 Å². The van der Waals surface area contributed by atoms with Gasteiger partial charge in [-0.05, 0) is 50.3 Å². The Balaban J connectivity index is 2.34. The van der Waals surface area contributed by atoms with Gasteiger partial charge in [0.2, 0.25) is 5.91 Å². The second-order valence-corrected chi connectivity index (χ2v) is 7.27. The van der Waals surface area contributed by atoms with Crippen molar-refractivity contribution >= 4 is 23.5 Å². The van der Waals surface area contributed by atoms with Crippen molar-refractivity contribution in [3.8, 4) is 0 Å². The first-order valence-corrected chi connectivity index (χ1v) is 9.18. The lowest BCUT2D eigenvalue weighted by Gasteiger charge is -2.44. The highest BCUT2D eigenvalue weighted by Crippen LogP contribution is 2.38. The number of carboxylic acid groups (broad SMARTS) is 1. The summed E-state index contributed by atoms with van der Waals surface area (Å²) in [6.45, 7) is 3.70. The summed E-state index contributed by atoms with van der Waals surface area (Å²) in [6.07, 6.45) is 1.78. The molecule has 0 saturated carbocycles. The molecule has 2 N–H and O–H groups in total. The van der Waals surface area contributed by atoms with Gasteiger partial charge in [-0.15, -0.1) is 0 Å². The number of amides is 1. The standard InChI is InChI=1S/C19H26ClNO4/c1-3-16(10-12(2)22)21-17(13-4-7-15(20)8-5-13)9-6-14(19(21)25)11-18(23)24/h4-5,7-8,12,14,16-17,22H,3,6,9-11H2,1-2H3,(H,23,24). The molecular formula is C19H26ClNO4. The molecule has 6 heteroatoms. The van der Waals surface area contributed by atoms with Crippen LogP contribution in [0.15, 0.2) is 24.3 Å². The summed E-state index contributed by atoms with van der Waals surface area (Å²) in [5, 5.41) is 19.6. The number of aliphatic hydroxyl groups is 1. The number of carboxylic acids is 1. The number of rotatable bonds is 7. The van der Waals surface area contributed by atoms with E-state index in [1.807, 2.05) is 24.0 Å². The predicted octanol–water partition coefficient (Wildman–Crippen LogP) is 3.64. The molecular weight excluding hydrogens is 342 g/mol. The molecule has 0 radical (unpaired) electrons. The van der Waals surface area contributed by atoms with Gasteiger partial charge in [0.05, 0.1) is 18.6 Å². The molecule has 0 bridgehead atoms. The number of carbonyl (C=O) groups excluding carboxylic acids is 1. The summed E-state index contributed by atoms with van der Waals surface area (Å²) in [6, 6.07) is 7.21. The minimum atomic E-state index is -0.952. The molecule has 2 rings (SSSR count). The van der Waals surface area contributed by atoms with E-state index in [4.69, 9.17) is 16.7 Å². The Kier molecular flexibility index (Phi) is 6.85. The van der Waals surface area contributed by atoms with Crippen molar-refractivity contribution in [2.75, 3.05) is 0 Å². The van der Waals surface area contributed by atoms with E-state index in [0.29, 0.717) is 30.7 Å². The second-order valence-electron chi connectivity index (χ2n) is 6.83. The van der Waals surface area contributed by atoms with Crippen molar-refractivity contribution in [1.29, 1.82) is 0 Å². The quantitative estimate of drug-likeness (QED) is 0.771. The Morgan fingerprint density at radius 1 is 1.32 bits per heavy atom. The van der Waals surface area contributed by atoms with Crippen LogP contribution in [0.4, 0.5) is 0 Å². The van der Waals surface area contributed by atoms with Crippen LogP contribution in [0.25, 0.3) is 0 Å². The second kappa shape index (κ2) is 8.68. The number of hydrogen-bond donors (Lipinski definition) is 2. The number of carbonyl (C=O) groups is 2. The zero-order valence-electron chi connectivity index (χ0n) is 14.7. The Labute approximate surface area is 153 Å². The number of likely N-dealkylation sites (tertiary alicyclic amines) is 1. The number of hydrogen-bond acceptors (Lipinski definition) is 3. The average Bonchev–Trinajstić information content (AvgIpc) is 2.55. The highest BCUT2D eigenvalue weighted by atomic mass is 35.5. The highest BCUT2D eigenvalue weighted by molar-refractivity contribution is 6.30. The Morgan fingerprint density at radius 2 is 1.96 bits per heavy atom. The summed E-state index contributed by atoms with van der Waals surface area (Å²) >= 11 is 5.98. The van der Waals surface area contributed by atoms with Crippen molar-refractivity contribution in [2.45, 2.75) is 64.1 Å². The van der Waals surface area contributed by atoms with Gasteiger partial charge in [-0.1, -0.05) is 30.7 Å². The number of piperidine rings is 1. The molecule has 0 aliphatic carbocycles. The van der Waals surface area contributed by atoms with E-state index in [1.165, 1.54) is 0 Å². The molecule has 4 unspecified atom stereocenters. The number of aliphatic hydroxyl groups excluding tert-OH is 1. The lowest BCUT2D eigenvalue weighted by Crippen LogP contribution is -2.50. The third-order valence-corrected chi connectivity index (χ3v) is 5.13. The maximum atomic E-state index is 13.0. The lowest BCUT2D eigenvalue weighted by atomic mass is 9.84. The van der Waals surface area contributed by atoms with E-state index in [0.717, 1.165) is 5.56 Å². The Hall–Kier alpha value is -1.59. The minimum absolute atomic E-state index is 0.112. The summed E-state index contributed by atoms with van der Waals surface area (Å²) < 4.78 is 0. The molecule has 0 aromatic heterocycles. The van der Waals surface area contributed by atoms with Crippen LogP contribution in [0.3, 0.4) is 0 Å². The summed E-state index contributed by atoms with van der Waals surface area (Å²) in [5.41, 5.74) is 0.996. The zero-order chi connectivity index (χ0) is 18.6. The first-order valence-electron chi connectivity index (χ1n) is 8.81. The van der Waals surface area contributed by atoms with E-state index >= 15 is 0 Å². The lowest BCUT2D eigenvalue weighted by molar-refractivity contribution is -0.152. The van der Waals surface area contributed by atoms with Crippen LogP contribution in [-0.2, 0) is 9.59 Å². The number of benzene rings is 1. The van der Waals surface area contributed by atoms with Crippen LogP contribution in [-0.4, -0.2) is 39.1 Å². The normalized spacial score (nSPS) is 23.4. The van der Waals surface area contributed by atoms with Crippen LogP contribution in [0.5, 0.6) is 0 Å². The molecule has 1 fully saturated rings. The molecule has 1 heterocycles. The van der Waals surface area contributed by atoms with E-state index in [2.05, 4.69) is 0 Å². The van der Waals surface area contributed by atoms with E-state index < -0.39 is 18.0 Å². The highest BCUT2D eigenvalue weighted by Gasteiger charge is 2.40. The van der Waals surface area contributed by atoms with Crippen molar-refractivity contribution < 1.29 is 19.8 Å². The van der Waals surface area contributed by atoms with Gasteiger partial charge in [0.25, 0.3) is 0 Å². The monoisotopic (exact) mass is 367 g/mol. The Bertz CT molecular complexity index is 602. The van der Waals surface area contributed by atoms with Crippen molar-refractivity contribution in [2.24, 2.45) is 5.92 Å². The maximum Gasteiger partial charge on any atom is 0.304 e. The third kappa shape index (κ3) is 4.95. The summed E-state index contributed by atoms with van der Waals surface area (Å²) in [7, 11) is 0. The van der Waals surface area contributed by atoms with Gasteiger partial charge in [0, 0.05) is 17.0 Å². The SMILES string of the molecule is CCC(CC(C)O)N1C(=O)C(CC(=O)O)CCC1c1ccc(Cl)cc1. The molecule has 25 heavy (non-hydrogen) atoms. The first-order chi connectivity index (χ1) is 11.8. The molecule has 1 amide bonds. The molecule has 0 spiro atoms. The van der Waals surface area contributed by atoms with Gasteiger partial charge < -0.3 is 15.1 Å². The molecule has 4 atom stereocenters. The van der Waals surface area contributed by atoms with Crippen molar-refractivity contribution in [3.63, 3.8) is 0 Å². The van der Waals surface area contributed by atoms with Crippen LogP contribution in [0.2, 0.25) is 5.02 Å². The molecule has 138 valence electrons. The van der Waals surface area contributed by atoms with Gasteiger partial charge in [0.15, 0.2) is 0 Å². The molecule has 5 nitrogen and oxygen atoms in total. The van der Waals surface area contributed by atoms with Gasteiger partial charge in [-0.25, -0.2) is 0 Å². The van der Waals surface area contributed by atoms with Crippen LogP contribution < -0.4 is 0 Å². The molecule has 1 aliphatic heterocycles. The van der Waals surface area contributed by atoms with Crippen LogP contribution in [0.1, 0.15) is 57.6 Å². The Morgan fingerprint density at radius 3 is 2.48 bits per heavy atom. The van der Waals surface area contributed by atoms with E-state index in [1.54, 1.807) is 19.1 Å². The maximum absolute atomic E-state index is 13.0. The van der Waals surface area contributed by atoms with Crippen molar-refractivity contribution in [1.82, 2.24) is 4.90 Å². The average molecular weight is 368 g/mol. The zero-order valence-corrected chi connectivity index (χ0v) is 15.4. The largest absolute Gasteiger partial charge is 0.481 e. The smallest absolute Gasteiger partial charge is 0.304 e. The van der Waals surface area contributed by atoms with E-state index in [9.17, 15) is 14.7 Å². The summed E-state index contributed by atoms with van der Waals surface area (Å²) in [4.78, 5) is 26.0.